The van der Waals surface area contributed by atoms with Crippen molar-refractivity contribution < 1.29 is 9.21 Å². The van der Waals surface area contributed by atoms with Gasteiger partial charge in [0.2, 0.25) is 5.89 Å². The Kier molecular flexibility index (Phi) is 5.59. The van der Waals surface area contributed by atoms with Gasteiger partial charge in [0.25, 0.3) is 0 Å². The van der Waals surface area contributed by atoms with E-state index in [4.69, 9.17) is 4.42 Å². The Morgan fingerprint density at radius 3 is 2.13 bits per heavy atom. The van der Waals surface area contributed by atoms with E-state index in [9.17, 15) is 4.79 Å². The highest BCUT2D eigenvalue weighted by atomic mass is 16.4. The number of aromatic nitrogens is 2. The van der Waals surface area contributed by atoms with Gasteiger partial charge >= 0.3 is 11.8 Å². The van der Waals surface area contributed by atoms with Gasteiger partial charge in [-0.25, -0.2) is 0 Å². The summed E-state index contributed by atoms with van der Waals surface area (Å²) in [4.78, 5) is 12.7. The van der Waals surface area contributed by atoms with Crippen molar-refractivity contribution in [2.75, 3.05) is 14.1 Å². The Morgan fingerprint density at radius 2 is 1.80 bits per heavy atom. The Labute approximate surface area is 90.5 Å². The van der Waals surface area contributed by atoms with Crippen molar-refractivity contribution in [2.45, 2.75) is 33.6 Å². The average Bonchev–Trinajstić information content (AvgIpc) is 2.68. The molecule has 0 aromatic carbocycles. The highest BCUT2D eigenvalue weighted by Gasteiger charge is 2.17. The lowest BCUT2D eigenvalue weighted by molar-refractivity contribution is 0.0786. The van der Waals surface area contributed by atoms with Crippen molar-refractivity contribution in [1.82, 2.24) is 15.1 Å². The van der Waals surface area contributed by atoms with E-state index in [1.807, 2.05) is 27.7 Å². The van der Waals surface area contributed by atoms with E-state index in [2.05, 4.69) is 10.2 Å². The van der Waals surface area contributed by atoms with Crippen molar-refractivity contribution in [1.29, 1.82) is 0 Å². The fourth-order valence-corrected chi connectivity index (χ4v) is 0.746. The predicted molar refractivity (Wildman–Crippen MR) is 57.8 cm³/mol. The van der Waals surface area contributed by atoms with E-state index in [0.717, 1.165) is 0 Å². The summed E-state index contributed by atoms with van der Waals surface area (Å²) in [5, 5.41) is 7.41. The van der Waals surface area contributed by atoms with Crippen LogP contribution < -0.4 is 0 Å². The first-order valence-electron chi connectivity index (χ1n) is 5.07. The summed E-state index contributed by atoms with van der Waals surface area (Å²) in [5.41, 5.74) is 0. The van der Waals surface area contributed by atoms with Crippen LogP contribution in [0.15, 0.2) is 4.42 Å². The summed E-state index contributed by atoms with van der Waals surface area (Å²) < 4.78 is 5.15. The largest absolute Gasteiger partial charge is 0.417 e. The fourth-order valence-electron chi connectivity index (χ4n) is 0.746. The SMILES string of the molecule is CC.CC(C)c1nnc(C(=O)N(C)C)o1. The Bertz CT molecular complexity index is 305. The van der Waals surface area contributed by atoms with Crippen LogP contribution in [0.5, 0.6) is 0 Å². The summed E-state index contributed by atoms with van der Waals surface area (Å²) in [6.45, 7) is 7.86. The number of hydrogen-bond acceptors (Lipinski definition) is 4. The van der Waals surface area contributed by atoms with Gasteiger partial charge in [-0.05, 0) is 0 Å². The molecule has 0 aliphatic carbocycles. The van der Waals surface area contributed by atoms with Gasteiger partial charge in [-0.2, -0.15) is 0 Å². The summed E-state index contributed by atoms with van der Waals surface area (Å²) in [5.74, 6) is 0.425. The van der Waals surface area contributed by atoms with E-state index >= 15 is 0 Å². The Hall–Kier alpha value is -1.39. The van der Waals surface area contributed by atoms with Gasteiger partial charge < -0.3 is 9.32 Å². The number of rotatable bonds is 2. The second-order valence-electron chi connectivity index (χ2n) is 3.30. The molecule has 1 aromatic rings. The lowest BCUT2D eigenvalue weighted by atomic mass is 10.2. The molecule has 1 heterocycles. The van der Waals surface area contributed by atoms with Crippen molar-refractivity contribution in [2.24, 2.45) is 0 Å². The van der Waals surface area contributed by atoms with Gasteiger partial charge in [0.15, 0.2) is 0 Å². The van der Waals surface area contributed by atoms with E-state index in [0.29, 0.717) is 5.89 Å². The van der Waals surface area contributed by atoms with Gasteiger partial charge in [0.1, 0.15) is 0 Å². The van der Waals surface area contributed by atoms with Crippen LogP contribution in [-0.2, 0) is 0 Å². The normalized spacial score (nSPS) is 9.53. The van der Waals surface area contributed by atoms with E-state index in [-0.39, 0.29) is 17.7 Å². The molecular weight excluding hydrogens is 194 g/mol. The molecule has 0 N–H and O–H groups in total. The summed E-state index contributed by atoms with van der Waals surface area (Å²) in [6.07, 6.45) is 0. The third kappa shape index (κ3) is 3.69. The molecule has 5 nitrogen and oxygen atoms in total. The van der Waals surface area contributed by atoms with Crippen molar-refractivity contribution in [3.63, 3.8) is 0 Å². The van der Waals surface area contributed by atoms with Gasteiger partial charge in [-0.15, -0.1) is 10.2 Å². The van der Waals surface area contributed by atoms with Gasteiger partial charge in [0.05, 0.1) is 0 Å². The average molecular weight is 213 g/mol. The molecule has 0 unspecified atom stereocenters. The number of hydrogen-bond donors (Lipinski definition) is 0. The van der Waals surface area contributed by atoms with Crippen LogP contribution in [0.25, 0.3) is 0 Å². The number of nitrogens with zero attached hydrogens (tertiary/aromatic N) is 3. The maximum Gasteiger partial charge on any atom is 0.310 e. The van der Waals surface area contributed by atoms with Crippen molar-refractivity contribution in [3.8, 4) is 0 Å². The topological polar surface area (TPSA) is 59.2 Å². The molecule has 0 radical (unpaired) electrons. The van der Waals surface area contributed by atoms with Crippen molar-refractivity contribution >= 4 is 5.91 Å². The molecule has 0 aliphatic rings. The maximum absolute atomic E-state index is 11.3. The minimum atomic E-state index is -0.264. The van der Waals surface area contributed by atoms with Crippen molar-refractivity contribution in [3.05, 3.63) is 11.8 Å². The smallest absolute Gasteiger partial charge is 0.310 e. The first-order chi connectivity index (χ1) is 7.02. The van der Waals surface area contributed by atoms with Crippen LogP contribution in [0.2, 0.25) is 0 Å². The molecule has 0 spiro atoms. The molecule has 0 aliphatic heterocycles. The first-order valence-corrected chi connectivity index (χ1v) is 5.07. The van der Waals surface area contributed by atoms with Crippen LogP contribution in [0, 0.1) is 0 Å². The molecule has 1 aromatic heterocycles. The van der Waals surface area contributed by atoms with Gasteiger partial charge in [0, 0.05) is 20.0 Å². The highest BCUT2D eigenvalue weighted by molar-refractivity contribution is 5.88. The standard InChI is InChI=1S/C8H13N3O2.C2H6/c1-5(2)6-9-10-7(13-6)8(12)11(3)4;1-2/h5H,1-4H3;1-2H3. The second-order valence-corrected chi connectivity index (χ2v) is 3.30. The monoisotopic (exact) mass is 213 g/mol. The lowest BCUT2D eigenvalue weighted by Crippen LogP contribution is -2.21. The first kappa shape index (κ1) is 13.6. The molecule has 1 rings (SSSR count). The minimum absolute atomic E-state index is 0.0497. The minimum Gasteiger partial charge on any atom is -0.417 e. The second kappa shape index (κ2) is 6.16. The summed E-state index contributed by atoms with van der Waals surface area (Å²) >= 11 is 0. The van der Waals surface area contributed by atoms with Crippen LogP contribution in [0.1, 0.15) is 50.2 Å². The van der Waals surface area contributed by atoms with Gasteiger partial charge in [-0.3, -0.25) is 4.79 Å². The Balaban J connectivity index is 0.000000921. The van der Waals surface area contributed by atoms with Crippen LogP contribution >= 0.6 is 0 Å². The van der Waals surface area contributed by atoms with E-state index in [1.54, 1.807) is 14.1 Å². The number of carbonyl (C=O) groups excluding carboxylic acids is 1. The zero-order valence-electron chi connectivity index (χ0n) is 10.2. The molecule has 5 heteroatoms. The zero-order valence-corrected chi connectivity index (χ0v) is 10.2. The highest BCUT2D eigenvalue weighted by Crippen LogP contribution is 2.12. The molecular formula is C10H19N3O2. The molecule has 1 amide bonds. The third-order valence-electron chi connectivity index (χ3n) is 1.52. The van der Waals surface area contributed by atoms with E-state index in [1.165, 1.54) is 4.90 Å². The molecule has 0 saturated carbocycles. The summed E-state index contributed by atoms with van der Waals surface area (Å²) in [7, 11) is 3.28. The predicted octanol–water partition coefficient (Wildman–Crippen LogP) is 1.92. The Morgan fingerprint density at radius 1 is 1.27 bits per heavy atom. The quantitative estimate of drug-likeness (QED) is 0.753. The third-order valence-corrected chi connectivity index (χ3v) is 1.52. The van der Waals surface area contributed by atoms with Crippen LogP contribution in [0.3, 0.4) is 0 Å². The molecule has 0 fully saturated rings. The van der Waals surface area contributed by atoms with Crippen LogP contribution in [-0.4, -0.2) is 35.1 Å². The lowest BCUT2D eigenvalue weighted by Gasteiger charge is -2.04. The molecule has 0 atom stereocenters. The van der Waals surface area contributed by atoms with Crippen LogP contribution in [0.4, 0.5) is 0 Å². The zero-order chi connectivity index (χ0) is 12.0. The maximum atomic E-state index is 11.3. The number of carbonyl (C=O) groups is 1. The fraction of sp³-hybridized carbons (Fsp3) is 0.700. The summed E-state index contributed by atoms with van der Waals surface area (Å²) in [6, 6.07) is 0. The molecule has 86 valence electrons. The molecule has 15 heavy (non-hydrogen) atoms. The van der Waals surface area contributed by atoms with E-state index < -0.39 is 0 Å². The molecule has 0 bridgehead atoms. The molecule has 0 saturated heterocycles. The van der Waals surface area contributed by atoms with Gasteiger partial charge in [-0.1, -0.05) is 27.7 Å². The number of amides is 1.